The second kappa shape index (κ2) is 5.75. The van der Waals surface area contributed by atoms with Gasteiger partial charge in [-0.05, 0) is 17.7 Å². The lowest BCUT2D eigenvalue weighted by Gasteiger charge is -2.10. The summed E-state index contributed by atoms with van der Waals surface area (Å²) in [6, 6.07) is 10.2. The van der Waals surface area contributed by atoms with Crippen LogP contribution in [0.1, 0.15) is 11.1 Å². The quantitative estimate of drug-likeness (QED) is 0.873. The molecule has 0 fully saturated rings. The first-order chi connectivity index (χ1) is 9.08. The summed E-state index contributed by atoms with van der Waals surface area (Å²) < 4.78 is 31.6. The fourth-order valence-electron chi connectivity index (χ4n) is 1.63. The van der Waals surface area contributed by atoms with Gasteiger partial charge in [-0.2, -0.15) is 0 Å². The van der Waals surface area contributed by atoms with Crippen LogP contribution in [0, 0.1) is 11.6 Å². The minimum atomic E-state index is -0.616. The molecule has 0 aliphatic rings. The van der Waals surface area contributed by atoms with Crippen molar-refractivity contribution in [2.45, 2.75) is 6.61 Å². The maximum atomic E-state index is 13.4. The van der Waals surface area contributed by atoms with E-state index < -0.39 is 11.6 Å². The van der Waals surface area contributed by atoms with Gasteiger partial charge in [0.1, 0.15) is 17.4 Å². The van der Waals surface area contributed by atoms with Gasteiger partial charge in [0, 0.05) is 11.6 Å². The van der Waals surface area contributed by atoms with E-state index in [0.717, 1.165) is 23.8 Å². The van der Waals surface area contributed by atoms with Crippen molar-refractivity contribution in [3.8, 4) is 5.75 Å². The van der Waals surface area contributed by atoms with Crippen molar-refractivity contribution in [3.63, 3.8) is 0 Å². The molecule has 0 saturated carbocycles. The molecule has 0 radical (unpaired) electrons. The van der Waals surface area contributed by atoms with E-state index in [1.165, 1.54) is 0 Å². The molecule has 19 heavy (non-hydrogen) atoms. The van der Waals surface area contributed by atoms with E-state index in [4.69, 9.17) is 22.7 Å². The van der Waals surface area contributed by atoms with Gasteiger partial charge in [-0.3, -0.25) is 0 Å². The van der Waals surface area contributed by atoms with Crippen LogP contribution in [0.4, 0.5) is 8.78 Å². The fourth-order valence-corrected chi connectivity index (χ4v) is 1.83. The first-order valence-electron chi connectivity index (χ1n) is 5.53. The minimum absolute atomic E-state index is 0.0634. The zero-order valence-corrected chi connectivity index (χ0v) is 10.7. The maximum absolute atomic E-state index is 13.4. The smallest absolute Gasteiger partial charge is 0.165 e. The minimum Gasteiger partial charge on any atom is -0.486 e. The molecule has 0 bridgehead atoms. The van der Waals surface area contributed by atoms with Crippen LogP contribution in [0.2, 0.25) is 0 Å². The number of ether oxygens (including phenoxy) is 1. The second-order valence-corrected chi connectivity index (χ2v) is 4.32. The standard InChI is InChI=1S/C14H11F2NOS/c15-10-5-6-12(16)13(7-10)18-8-9-3-1-2-4-11(9)14(17)19/h1-7H,8H2,(H2,17,19). The number of rotatable bonds is 4. The number of benzene rings is 2. The van der Waals surface area contributed by atoms with Crippen LogP contribution in [0.5, 0.6) is 5.75 Å². The Bertz CT molecular complexity index is 616. The largest absolute Gasteiger partial charge is 0.486 e. The van der Waals surface area contributed by atoms with Gasteiger partial charge in [0.05, 0.1) is 0 Å². The Morgan fingerprint density at radius 1 is 1.16 bits per heavy atom. The molecule has 2 rings (SSSR count). The Hall–Kier alpha value is -2.01. The van der Waals surface area contributed by atoms with Gasteiger partial charge in [-0.1, -0.05) is 36.5 Å². The predicted molar refractivity (Wildman–Crippen MR) is 73.0 cm³/mol. The van der Waals surface area contributed by atoms with E-state index >= 15 is 0 Å². The van der Waals surface area contributed by atoms with Crippen molar-refractivity contribution >= 4 is 17.2 Å². The summed E-state index contributed by atoms with van der Waals surface area (Å²) in [6.45, 7) is 0.0634. The molecule has 0 aliphatic heterocycles. The van der Waals surface area contributed by atoms with E-state index in [-0.39, 0.29) is 17.3 Å². The summed E-state index contributed by atoms with van der Waals surface area (Å²) >= 11 is 4.92. The molecule has 2 N–H and O–H groups in total. The summed E-state index contributed by atoms with van der Waals surface area (Å²) in [5.41, 5.74) is 6.96. The molecule has 0 aliphatic carbocycles. The van der Waals surface area contributed by atoms with Gasteiger partial charge >= 0.3 is 0 Å². The van der Waals surface area contributed by atoms with Crippen molar-refractivity contribution in [1.82, 2.24) is 0 Å². The van der Waals surface area contributed by atoms with Crippen molar-refractivity contribution in [2.75, 3.05) is 0 Å². The molecule has 0 heterocycles. The fraction of sp³-hybridized carbons (Fsp3) is 0.0714. The lowest BCUT2D eigenvalue weighted by atomic mass is 10.1. The summed E-state index contributed by atoms with van der Waals surface area (Å²) in [5.74, 6) is -1.31. The molecule has 0 aromatic heterocycles. The lowest BCUT2D eigenvalue weighted by molar-refractivity contribution is 0.288. The van der Waals surface area contributed by atoms with Crippen molar-refractivity contribution in [2.24, 2.45) is 5.73 Å². The average molecular weight is 279 g/mol. The van der Waals surface area contributed by atoms with Gasteiger partial charge < -0.3 is 10.5 Å². The number of nitrogens with two attached hydrogens (primary N) is 1. The Balaban J connectivity index is 2.19. The highest BCUT2D eigenvalue weighted by Crippen LogP contribution is 2.20. The molecule has 0 saturated heterocycles. The molecule has 0 atom stereocenters. The monoisotopic (exact) mass is 279 g/mol. The first-order valence-corrected chi connectivity index (χ1v) is 5.94. The number of hydrogen-bond donors (Lipinski definition) is 1. The van der Waals surface area contributed by atoms with Crippen LogP contribution in [-0.4, -0.2) is 4.99 Å². The van der Waals surface area contributed by atoms with Crippen LogP contribution in [0.25, 0.3) is 0 Å². The van der Waals surface area contributed by atoms with Crippen LogP contribution in [0.15, 0.2) is 42.5 Å². The Morgan fingerprint density at radius 3 is 2.63 bits per heavy atom. The van der Waals surface area contributed by atoms with Gasteiger partial charge in [0.25, 0.3) is 0 Å². The van der Waals surface area contributed by atoms with E-state index in [1.807, 2.05) is 0 Å². The molecule has 2 aromatic rings. The molecule has 0 unspecified atom stereocenters. The van der Waals surface area contributed by atoms with Crippen LogP contribution < -0.4 is 10.5 Å². The summed E-state index contributed by atoms with van der Waals surface area (Å²) in [4.78, 5) is 0.235. The van der Waals surface area contributed by atoms with Crippen LogP contribution in [-0.2, 0) is 6.61 Å². The third-order valence-electron chi connectivity index (χ3n) is 2.56. The van der Waals surface area contributed by atoms with E-state index in [1.54, 1.807) is 24.3 Å². The third-order valence-corrected chi connectivity index (χ3v) is 2.78. The van der Waals surface area contributed by atoms with E-state index in [2.05, 4.69) is 0 Å². The predicted octanol–water partition coefficient (Wildman–Crippen LogP) is 3.18. The van der Waals surface area contributed by atoms with Crippen LogP contribution >= 0.6 is 12.2 Å². The third kappa shape index (κ3) is 3.26. The molecule has 2 aromatic carbocycles. The van der Waals surface area contributed by atoms with Gasteiger partial charge in [0.15, 0.2) is 11.6 Å². The number of halogens is 2. The maximum Gasteiger partial charge on any atom is 0.165 e. The highest BCUT2D eigenvalue weighted by molar-refractivity contribution is 7.80. The molecule has 5 heteroatoms. The molecular formula is C14H11F2NOS. The number of thiocarbonyl (C=S) groups is 1. The number of hydrogen-bond acceptors (Lipinski definition) is 2. The summed E-state index contributed by atoms with van der Waals surface area (Å²) in [7, 11) is 0. The zero-order valence-electron chi connectivity index (χ0n) is 9.90. The topological polar surface area (TPSA) is 35.2 Å². The van der Waals surface area contributed by atoms with E-state index in [0.29, 0.717) is 5.56 Å². The molecule has 2 nitrogen and oxygen atoms in total. The average Bonchev–Trinajstić information content (AvgIpc) is 2.40. The Morgan fingerprint density at radius 2 is 1.89 bits per heavy atom. The Labute approximate surface area is 114 Å². The van der Waals surface area contributed by atoms with Gasteiger partial charge in [-0.25, -0.2) is 8.78 Å². The molecule has 0 amide bonds. The van der Waals surface area contributed by atoms with Crippen molar-refractivity contribution in [1.29, 1.82) is 0 Å². The molecule has 98 valence electrons. The second-order valence-electron chi connectivity index (χ2n) is 3.88. The highest BCUT2D eigenvalue weighted by atomic mass is 32.1. The van der Waals surface area contributed by atoms with Crippen LogP contribution in [0.3, 0.4) is 0 Å². The first kappa shape index (κ1) is 13.4. The van der Waals surface area contributed by atoms with Crippen molar-refractivity contribution < 1.29 is 13.5 Å². The Kier molecular flexibility index (Phi) is 4.06. The molecule has 0 spiro atoms. The highest BCUT2D eigenvalue weighted by Gasteiger charge is 2.08. The molecular weight excluding hydrogens is 268 g/mol. The zero-order chi connectivity index (χ0) is 13.8. The van der Waals surface area contributed by atoms with E-state index in [9.17, 15) is 8.78 Å². The van der Waals surface area contributed by atoms with Crippen molar-refractivity contribution in [3.05, 3.63) is 65.2 Å². The normalized spacial score (nSPS) is 10.2. The van der Waals surface area contributed by atoms with Gasteiger partial charge in [0.2, 0.25) is 0 Å². The lowest BCUT2D eigenvalue weighted by Crippen LogP contribution is -2.13. The summed E-state index contributed by atoms with van der Waals surface area (Å²) in [5, 5.41) is 0. The SMILES string of the molecule is NC(=S)c1ccccc1COc1cc(F)ccc1F. The van der Waals surface area contributed by atoms with Gasteiger partial charge in [-0.15, -0.1) is 0 Å². The summed E-state index contributed by atoms with van der Waals surface area (Å²) in [6.07, 6.45) is 0.